The highest BCUT2D eigenvalue weighted by atomic mass is 35.5. The fraction of sp³-hybridized carbons (Fsp3) is 0.467. The zero-order chi connectivity index (χ0) is 16.4. The van der Waals surface area contributed by atoms with Crippen LogP contribution in [-0.2, 0) is 4.79 Å². The lowest BCUT2D eigenvalue weighted by molar-refractivity contribution is -0.123. The summed E-state index contributed by atoms with van der Waals surface area (Å²) in [6.07, 6.45) is 3.23. The molecule has 1 rings (SSSR count). The summed E-state index contributed by atoms with van der Waals surface area (Å²) in [5, 5.41) is 5.91. The Balaban J connectivity index is 2.69. The summed E-state index contributed by atoms with van der Waals surface area (Å²) in [7, 11) is 0. The van der Waals surface area contributed by atoms with Crippen molar-refractivity contribution in [2.24, 2.45) is 5.73 Å². The maximum atomic E-state index is 12.3. The van der Waals surface area contributed by atoms with Crippen molar-refractivity contribution in [3.05, 3.63) is 34.9 Å². The van der Waals surface area contributed by atoms with Crippen LogP contribution in [0.2, 0.25) is 5.02 Å². The van der Waals surface area contributed by atoms with E-state index in [-0.39, 0.29) is 11.8 Å². The second-order valence-corrected chi connectivity index (χ2v) is 6.11. The molecule has 0 heterocycles. The summed E-state index contributed by atoms with van der Waals surface area (Å²) >= 11 is 7.63. The average molecular weight is 344 g/mol. The van der Waals surface area contributed by atoms with Crippen molar-refractivity contribution in [2.45, 2.75) is 18.9 Å². The highest BCUT2D eigenvalue weighted by Gasteiger charge is 2.21. The first-order valence-electron chi connectivity index (χ1n) is 7.12. The molecule has 1 unspecified atom stereocenters. The van der Waals surface area contributed by atoms with Crippen LogP contribution in [0.25, 0.3) is 0 Å². The first-order valence-corrected chi connectivity index (χ1v) is 8.89. The third-order valence-electron chi connectivity index (χ3n) is 3.03. The molecule has 0 bridgehead atoms. The van der Waals surface area contributed by atoms with Gasteiger partial charge in [0.05, 0.1) is 10.6 Å². The Morgan fingerprint density at radius 3 is 2.73 bits per heavy atom. The fourth-order valence-corrected chi connectivity index (χ4v) is 2.52. The van der Waals surface area contributed by atoms with Crippen LogP contribution in [-0.4, -0.2) is 43.0 Å². The van der Waals surface area contributed by atoms with Crippen molar-refractivity contribution in [1.82, 2.24) is 10.6 Å². The second kappa shape index (κ2) is 10.5. The summed E-state index contributed by atoms with van der Waals surface area (Å²) in [6.45, 7) is 1.02. The predicted molar refractivity (Wildman–Crippen MR) is 92.4 cm³/mol. The maximum absolute atomic E-state index is 12.3. The maximum Gasteiger partial charge on any atom is 0.253 e. The Kier molecular flexibility index (Phi) is 8.96. The number of hydrogen-bond acceptors (Lipinski definition) is 4. The van der Waals surface area contributed by atoms with Gasteiger partial charge in [0.2, 0.25) is 5.91 Å². The van der Waals surface area contributed by atoms with E-state index in [0.717, 1.165) is 5.75 Å². The van der Waals surface area contributed by atoms with E-state index in [1.54, 1.807) is 36.0 Å². The Labute approximate surface area is 140 Å². The first kappa shape index (κ1) is 18.8. The smallest absolute Gasteiger partial charge is 0.253 e. The van der Waals surface area contributed by atoms with Crippen LogP contribution in [0.15, 0.2) is 24.3 Å². The molecule has 4 N–H and O–H groups in total. The third kappa shape index (κ3) is 6.25. The van der Waals surface area contributed by atoms with Gasteiger partial charge in [-0.2, -0.15) is 11.8 Å². The Morgan fingerprint density at radius 2 is 2.09 bits per heavy atom. The van der Waals surface area contributed by atoms with Crippen LogP contribution in [0.5, 0.6) is 0 Å². The molecule has 2 amide bonds. The van der Waals surface area contributed by atoms with Gasteiger partial charge in [0.25, 0.3) is 5.91 Å². The molecule has 1 aromatic rings. The molecule has 0 fully saturated rings. The minimum atomic E-state index is -0.575. The zero-order valence-corrected chi connectivity index (χ0v) is 14.2. The summed E-state index contributed by atoms with van der Waals surface area (Å²) in [5.41, 5.74) is 5.77. The molecule has 0 radical (unpaired) electrons. The van der Waals surface area contributed by atoms with Crippen molar-refractivity contribution in [3.63, 3.8) is 0 Å². The van der Waals surface area contributed by atoms with Gasteiger partial charge in [-0.05, 0) is 43.5 Å². The number of nitrogens with one attached hydrogen (secondary N) is 2. The highest BCUT2D eigenvalue weighted by molar-refractivity contribution is 7.98. The first-order chi connectivity index (χ1) is 10.6. The minimum Gasteiger partial charge on any atom is -0.354 e. The minimum absolute atomic E-state index is 0.192. The molecule has 0 aliphatic heterocycles. The van der Waals surface area contributed by atoms with Crippen molar-refractivity contribution in [3.8, 4) is 0 Å². The number of benzene rings is 1. The number of carbonyl (C=O) groups excluding carboxylic acids is 2. The lowest BCUT2D eigenvalue weighted by Crippen LogP contribution is -2.47. The SMILES string of the molecule is CSCCC(NC(=O)c1ccccc1Cl)C(=O)NCCCN. The Hall–Kier alpha value is -1.24. The van der Waals surface area contributed by atoms with Gasteiger partial charge >= 0.3 is 0 Å². The van der Waals surface area contributed by atoms with Crippen LogP contribution < -0.4 is 16.4 Å². The van der Waals surface area contributed by atoms with E-state index >= 15 is 0 Å². The Morgan fingerprint density at radius 1 is 1.36 bits per heavy atom. The average Bonchev–Trinajstić information content (AvgIpc) is 2.51. The number of halogens is 1. The van der Waals surface area contributed by atoms with Crippen LogP contribution in [0.3, 0.4) is 0 Å². The quantitative estimate of drug-likeness (QED) is 0.595. The van der Waals surface area contributed by atoms with Crippen LogP contribution in [0.1, 0.15) is 23.2 Å². The largest absolute Gasteiger partial charge is 0.354 e. The second-order valence-electron chi connectivity index (χ2n) is 4.72. The van der Waals surface area contributed by atoms with Gasteiger partial charge in [0.1, 0.15) is 6.04 Å². The molecular weight excluding hydrogens is 322 g/mol. The van der Waals surface area contributed by atoms with Gasteiger partial charge in [0.15, 0.2) is 0 Å². The van der Waals surface area contributed by atoms with Crippen molar-refractivity contribution in [2.75, 3.05) is 25.1 Å². The number of rotatable bonds is 9. The molecule has 0 spiro atoms. The molecule has 0 aromatic heterocycles. The predicted octanol–water partition coefficient (Wildman–Crippen LogP) is 1.66. The lowest BCUT2D eigenvalue weighted by atomic mass is 10.1. The van der Waals surface area contributed by atoms with Crippen LogP contribution in [0.4, 0.5) is 0 Å². The molecule has 7 heteroatoms. The van der Waals surface area contributed by atoms with Gasteiger partial charge in [-0.15, -0.1) is 0 Å². The summed E-state index contributed by atoms with van der Waals surface area (Å²) in [4.78, 5) is 24.4. The van der Waals surface area contributed by atoms with Gasteiger partial charge in [-0.3, -0.25) is 9.59 Å². The van der Waals surface area contributed by atoms with E-state index < -0.39 is 6.04 Å². The van der Waals surface area contributed by atoms with Gasteiger partial charge in [0, 0.05) is 6.54 Å². The molecule has 0 saturated carbocycles. The number of thioether (sulfide) groups is 1. The molecule has 0 saturated heterocycles. The molecular formula is C15H22ClN3O2S. The van der Waals surface area contributed by atoms with Crippen molar-refractivity contribution < 1.29 is 9.59 Å². The molecule has 1 atom stereocenters. The topological polar surface area (TPSA) is 84.2 Å². The molecule has 0 aliphatic carbocycles. The monoisotopic (exact) mass is 343 g/mol. The number of carbonyl (C=O) groups is 2. The van der Waals surface area contributed by atoms with Crippen molar-refractivity contribution >= 4 is 35.2 Å². The van der Waals surface area contributed by atoms with Gasteiger partial charge in [-0.1, -0.05) is 23.7 Å². The molecule has 0 aliphatic rings. The van der Waals surface area contributed by atoms with E-state index in [2.05, 4.69) is 10.6 Å². The highest BCUT2D eigenvalue weighted by Crippen LogP contribution is 2.15. The molecule has 5 nitrogen and oxygen atoms in total. The molecule has 122 valence electrons. The zero-order valence-electron chi connectivity index (χ0n) is 12.6. The fourth-order valence-electron chi connectivity index (χ4n) is 1.82. The lowest BCUT2D eigenvalue weighted by Gasteiger charge is -2.18. The number of hydrogen-bond donors (Lipinski definition) is 3. The number of nitrogens with two attached hydrogens (primary N) is 1. The summed E-state index contributed by atoms with van der Waals surface area (Å²) in [6, 6.07) is 6.20. The van der Waals surface area contributed by atoms with Crippen molar-refractivity contribution in [1.29, 1.82) is 0 Å². The summed E-state index contributed by atoms with van der Waals surface area (Å²) < 4.78 is 0. The standard InChI is InChI=1S/C15H22ClN3O2S/c1-22-10-7-13(15(21)18-9-4-8-17)19-14(20)11-5-2-3-6-12(11)16/h2-3,5-6,13H,4,7-10,17H2,1H3,(H,18,21)(H,19,20). The molecule has 22 heavy (non-hydrogen) atoms. The summed E-state index contributed by atoms with van der Waals surface area (Å²) in [5.74, 6) is 0.242. The van der Waals surface area contributed by atoms with Gasteiger partial charge in [-0.25, -0.2) is 0 Å². The van der Waals surface area contributed by atoms with Crippen LogP contribution >= 0.6 is 23.4 Å². The van der Waals surface area contributed by atoms with E-state index in [4.69, 9.17) is 17.3 Å². The third-order valence-corrected chi connectivity index (χ3v) is 4.00. The normalized spacial score (nSPS) is 11.8. The van der Waals surface area contributed by atoms with E-state index in [1.165, 1.54) is 0 Å². The van der Waals surface area contributed by atoms with E-state index in [0.29, 0.717) is 36.5 Å². The van der Waals surface area contributed by atoms with E-state index in [9.17, 15) is 9.59 Å². The van der Waals surface area contributed by atoms with Crippen LogP contribution in [0, 0.1) is 0 Å². The van der Waals surface area contributed by atoms with E-state index in [1.807, 2.05) is 6.26 Å². The number of amides is 2. The Bertz CT molecular complexity index is 499. The van der Waals surface area contributed by atoms with Gasteiger partial charge < -0.3 is 16.4 Å². The molecule has 1 aromatic carbocycles.